The molecule has 5 heteroatoms. The van der Waals surface area contributed by atoms with Crippen molar-refractivity contribution in [2.75, 3.05) is 5.32 Å². The van der Waals surface area contributed by atoms with Crippen molar-refractivity contribution in [1.29, 1.82) is 0 Å². The Hall–Kier alpha value is -3.44. The summed E-state index contributed by atoms with van der Waals surface area (Å²) in [6, 6.07) is 20.8. The van der Waals surface area contributed by atoms with Crippen molar-refractivity contribution < 1.29 is 0 Å². The third kappa shape index (κ3) is 2.51. The zero-order chi connectivity index (χ0) is 19.4. The molecule has 3 heterocycles. The number of nitrogens with two attached hydrogens (primary N) is 1. The standard InChI is InChI=1S/C24H21N5/c25-24(12-4-13-24)17-10-8-16(9-11-17)20-15-29-21-7-3-14-26-22(21)27-19-6-2-1-5-18(19)23(29)28-20/h1-3,5-11,14-15H,4,12-13,25H2,(H,26,27). The minimum absolute atomic E-state index is 0.140. The van der Waals surface area contributed by atoms with Crippen molar-refractivity contribution in [2.45, 2.75) is 24.8 Å². The fraction of sp³-hybridized carbons (Fsp3) is 0.167. The largest absolute Gasteiger partial charge is 0.338 e. The number of benzene rings is 2. The molecule has 5 nitrogen and oxygen atoms in total. The molecule has 0 amide bonds. The van der Waals surface area contributed by atoms with Crippen LogP contribution >= 0.6 is 0 Å². The summed E-state index contributed by atoms with van der Waals surface area (Å²) in [5, 5.41) is 3.45. The third-order valence-corrected chi connectivity index (χ3v) is 6.17. The fourth-order valence-corrected chi connectivity index (χ4v) is 4.31. The average Bonchev–Trinajstić information content (AvgIpc) is 3.13. The first-order chi connectivity index (χ1) is 14.2. The van der Waals surface area contributed by atoms with Gasteiger partial charge in [-0.2, -0.15) is 0 Å². The van der Waals surface area contributed by atoms with Crippen LogP contribution in [-0.4, -0.2) is 14.5 Å². The topological polar surface area (TPSA) is 68.8 Å². The number of nitrogens with one attached hydrogen (secondary N) is 1. The molecule has 2 aromatic carbocycles. The summed E-state index contributed by atoms with van der Waals surface area (Å²) in [5.74, 6) is 1.74. The molecule has 0 saturated heterocycles. The second-order valence-corrected chi connectivity index (χ2v) is 7.95. The maximum atomic E-state index is 6.48. The summed E-state index contributed by atoms with van der Waals surface area (Å²) < 4.78 is 2.13. The molecule has 2 aromatic heterocycles. The summed E-state index contributed by atoms with van der Waals surface area (Å²) in [7, 11) is 0. The fourth-order valence-electron chi connectivity index (χ4n) is 4.31. The first-order valence-corrected chi connectivity index (χ1v) is 10.0. The highest BCUT2D eigenvalue weighted by Gasteiger charge is 2.34. The number of rotatable bonds is 2. The second kappa shape index (κ2) is 6.03. The Morgan fingerprint density at radius 2 is 1.79 bits per heavy atom. The van der Waals surface area contributed by atoms with Gasteiger partial charge in [-0.05, 0) is 49.1 Å². The van der Waals surface area contributed by atoms with Crippen molar-refractivity contribution in [3.05, 3.63) is 78.6 Å². The molecule has 0 unspecified atom stereocenters. The lowest BCUT2D eigenvalue weighted by atomic mass is 9.73. The number of imidazole rings is 1. The minimum Gasteiger partial charge on any atom is -0.338 e. The average molecular weight is 379 g/mol. The van der Waals surface area contributed by atoms with Gasteiger partial charge in [0, 0.05) is 29.1 Å². The Labute approximate surface area is 169 Å². The van der Waals surface area contributed by atoms with Crippen LogP contribution in [0, 0.1) is 0 Å². The SMILES string of the molecule is NC1(c2ccc(-c3cn4c(n3)-c3ccccc3Nc3ncccc3-4)cc2)CCC1. The second-order valence-electron chi connectivity index (χ2n) is 7.95. The molecule has 1 aliphatic heterocycles. The maximum Gasteiger partial charge on any atom is 0.154 e. The van der Waals surface area contributed by atoms with Crippen LogP contribution in [0.3, 0.4) is 0 Å². The van der Waals surface area contributed by atoms with Gasteiger partial charge < -0.3 is 11.1 Å². The molecule has 1 fully saturated rings. The maximum absolute atomic E-state index is 6.48. The smallest absolute Gasteiger partial charge is 0.154 e. The van der Waals surface area contributed by atoms with Crippen LogP contribution in [0.4, 0.5) is 11.5 Å². The highest BCUT2D eigenvalue weighted by molar-refractivity contribution is 5.84. The van der Waals surface area contributed by atoms with E-state index in [1.807, 2.05) is 18.2 Å². The number of anilines is 2. The van der Waals surface area contributed by atoms with Gasteiger partial charge >= 0.3 is 0 Å². The molecule has 142 valence electrons. The monoisotopic (exact) mass is 379 g/mol. The highest BCUT2D eigenvalue weighted by Crippen LogP contribution is 2.40. The quantitative estimate of drug-likeness (QED) is 0.453. The van der Waals surface area contributed by atoms with Crippen LogP contribution in [0.25, 0.3) is 28.3 Å². The van der Waals surface area contributed by atoms with Crippen molar-refractivity contribution in [3.63, 3.8) is 0 Å². The van der Waals surface area contributed by atoms with E-state index in [0.29, 0.717) is 0 Å². The first-order valence-electron chi connectivity index (χ1n) is 10.0. The van der Waals surface area contributed by atoms with E-state index in [9.17, 15) is 0 Å². The lowest BCUT2D eigenvalue weighted by Crippen LogP contribution is -2.43. The van der Waals surface area contributed by atoms with E-state index in [1.165, 1.54) is 12.0 Å². The molecule has 2 aliphatic rings. The summed E-state index contributed by atoms with van der Waals surface area (Å²) in [6.45, 7) is 0. The number of nitrogens with zero attached hydrogens (tertiary/aromatic N) is 3. The van der Waals surface area contributed by atoms with Crippen LogP contribution < -0.4 is 11.1 Å². The first kappa shape index (κ1) is 16.5. The van der Waals surface area contributed by atoms with Crippen LogP contribution in [0.1, 0.15) is 24.8 Å². The van der Waals surface area contributed by atoms with E-state index < -0.39 is 0 Å². The van der Waals surface area contributed by atoms with E-state index in [0.717, 1.165) is 52.7 Å². The Kier molecular flexibility index (Phi) is 3.43. The molecule has 1 aliphatic carbocycles. The van der Waals surface area contributed by atoms with Crippen LogP contribution in [0.15, 0.2) is 73.1 Å². The van der Waals surface area contributed by atoms with Gasteiger partial charge in [0.1, 0.15) is 5.82 Å². The molecular formula is C24H21N5. The van der Waals surface area contributed by atoms with E-state index in [-0.39, 0.29) is 5.54 Å². The third-order valence-electron chi connectivity index (χ3n) is 6.17. The highest BCUT2D eigenvalue weighted by atomic mass is 15.1. The predicted molar refractivity (Wildman–Crippen MR) is 115 cm³/mol. The number of para-hydroxylation sites is 1. The summed E-state index contributed by atoms with van der Waals surface area (Å²) in [4.78, 5) is 9.55. The van der Waals surface area contributed by atoms with E-state index >= 15 is 0 Å². The van der Waals surface area contributed by atoms with E-state index in [1.54, 1.807) is 6.20 Å². The molecule has 1 saturated carbocycles. The Bertz CT molecular complexity index is 1160. The van der Waals surface area contributed by atoms with E-state index in [4.69, 9.17) is 10.7 Å². The molecule has 29 heavy (non-hydrogen) atoms. The van der Waals surface area contributed by atoms with Crippen molar-refractivity contribution in [2.24, 2.45) is 5.73 Å². The molecular weight excluding hydrogens is 358 g/mol. The lowest BCUT2D eigenvalue weighted by molar-refractivity contribution is 0.253. The van der Waals surface area contributed by atoms with Crippen molar-refractivity contribution >= 4 is 11.5 Å². The van der Waals surface area contributed by atoms with Gasteiger partial charge in [0.25, 0.3) is 0 Å². The van der Waals surface area contributed by atoms with Gasteiger partial charge in [-0.25, -0.2) is 9.97 Å². The molecule has 6 rings (SSSR count). The zero-order valence-electron chi connectivity index (χ0n) is 16.0. The Morgan fingerprint density at radius 1 is 0.966 bits per heavy atom. The van der Waals surface area contributed by atoms with Gasteiger partial charge in [0.2, 0.25) is 0 Å². The van der Waals surface area contributed by atoms with Gasteiger partial charge in [-0.3, -0.25) is 4.57 Å². The van der Waals surface area contributed by atoms with Gasteiger partial charge in [0.15, 0.2) is 5.82 Å². The summed E-state index contributed by atoms with van der Waals surface area (Å²) in [5.41, 5.74) is 12.7. The van der Waals surface area contributed by atoms with Gasteiger partial charge in [0.05, 0.1) is 17.1 Å². The molecule has 4 aromatic rings. The lowest BCUT2D eigenvalue weighted by Gasteiger charge is -2.38. The molecule has 0 spiro atoms. The molecule has 0 atom stereocenters. The van der Waals surface area contributed by atoms with E-state index in [2.05, 4.69) is 63.5 Å². The summed E-state index contributed by atoms with van der Waals surface area (Å²) in [6.07, 6.45) is 7.25. The Morgan fingerprint density at radius 3 is 2.59 bits per heavy atom. The number of fused-ring (bicyclic) bond motifs is 5. The molecule has 0 bridgehead atoms. The number of hydrogen-bond acceptors (Lipinski definition) is 4. The van der Waals surface area contributed by atoms with Crippen molar-refractivity contribution in [1.82, 2.24) is 14.5 Å². The number of pyridine rings is 1. The van der Waals surface area contributed by atoms with Crippen molar-refractivity contribution in [3.8, 4) is 28.3 Å². The van der Waals surface area contributed by atoms with Crippen LogP contribution in [0.5, 0.6) is 0 Å². The molecule has 3 N–H and O–H groups in total. The van der Waals surface area contributed by atoms with Gasteiger partial charge in [-0.1, -0.05) is 36.4 Å². The zero-order valence-corrected chi connectivity index (χ0v) is 16.0. The minimum atomic E-state index is -0.140. The molecule has 0 radical (unpaired) electrons. The predicted octanol–water partition coefficient (Wildman–Crippen LogP) is 5.00. The summed E-state index contributed by atoms with van der Waals surface area (Å²) >= 11 is 0. The van der Waals surface area contributed by atoms with Crippen LogP contribution in [-0.2, 0) is 5.54 Å². The normalized spacial score (nSPS) is 15.9. The van der Waals surface area contributed by atoms with Gasteiger partial charge in [-0.15, -0.1) is 0 Å². The van der Waals surface area contributed by atoms with Crippen LogP contribution in [0.2, 0.25) is 0 Å². The number of aromatic nitrogens is 3. The number of hydrogen-bond donors (Lipinski definition) is 2. The Balaban J connectivity index is 1.49.